The first-order valence-electron chi connectivity index (χ1n) is 6.55. The van der Waals surface area contributed by atoms with Crippen molar-refractivity contribution in [2.75, 3.05) is 0 Å². The fourth-order valence-corrected chi connectivity index (χ4v) is 2.10. The van der Waals surface area contributed by atoms with Crippen molar-refractivity contribution in [1.29, 1.82) is 5.26 Å². The molecule has 2 rings (SSSR count). The molecule has 0 aliphatic heterocycles. The highest BCUT2D eigenvalue weighted by Gasteiger charge is 2.30. The Hall–Kier alpha value is -2.55. The molecule has 1 N–H and O–H groups in total. The Morgan fingerprint density at radius 1 is 1.18 bits per heavy atom. The second-order valence-corrected chi connectivity index (χ2v) is 5.14. The van der Waals surface area contributed by atoms with E-state index < -0.39 is 17.6 Å². The van der Waals surface area contributed by atoms with E-state index in [2.05, 4.69) is 4.98 Å². The summed E-state index contributed by atoms with van der Waals surface area (Å²) in [6, 6.07) is 8.01. The number of aromatic nitrogens is 1. The predicted octanol–water partition coefficient (Wildman–Crippen LogP) is 4.47. The first kappa shape index (κ1) is 15.8. The van der Waals surface area contributed by atoms with Gasteiger partial charge in [-0.05, 0) is 29.7 Å². The van der Waals surface area contributed by atoms with Crippen molar-refractivity contribution < 1.29 is 18.3 Å². The van der Waals surface area contributed by atoms with Gasteiger partial charge in [-0.3, -0.25) is 0 Å². The number of hydrogen-bond acceptors (Lipinski definition) is 3. The third-order valence-corrected chi connectivity index (χ3v) is 3.27. The summed E-state index contributed by atoms with van der Waals surface area (Å²) in [7, 11) is 0. The minimum atomic E-state index is -4.40. The summed E-state index contributed by atoms with van der Waals surface area (Å²) in [6.45, 7) is 3.71. The summed E-state index contributed by atoms with van der Waals surface area (Å²) >= 11 is 0. The van der Waals surface area contributed by atoms with Crippen molar-refractivity contribution in [2.45, 2.75) is 25.9 Å². The van der Waals surface area contributed by atoms with E-state index in [4.69, 9.17) is 5.26 Å². The van der Waals surface area contributed by atoms with E-state index >= 15 is 0 Å². The summed E-state index contributed by atoms with van der Waals surface area (Å²) in [6.07, 6.45) is -4.40. The second-order valence-electron chi connectivity index (χ2n) is 5.14. The van der Waals surface area contributed by atoms with Crippen molar-refractivity contribution in [2.24, 2.45) is 0 Å². The van der Waals surface area contributed by atoms with Gasteiger partial charge in [-0.1, -0.05) is 26.0 Å². The number of aromatic hydroxyl groups is 1. The molecule has 0 fully saturated rings. The Bertz CT molecular complexity index is 729. The molecule has 0 aliphatic carbocycles. The van der Waals surface area contributed by atoms with Gasteiger partial charge in [0.2, 0.25) is 5.88 Å². The van der Waals surface area contributed by atoms with E-state index in [1.54, 1.807) is 6.07 Å². The molecule has 0 aliphatic rings. The fourth-order valence-electron chi connectivity index (χ4n) is 2.10. The normalized spacial score (nSPS) is 11.5. The van der Waals surface area contributed by atoms with E-state index in [1.165, 1.54) is 12.1 Å². The Labute approximate surface area is 125 Å². The van der Waals surface area contributed by atoms with Gasteiger partial charge in [0.25, 0.3) is 0 Å². The maximum Gasteiger partial charge on any atom is 0.416 e. The lowest BCUT2D eigenvalue weighted by atomic mass is 9.96. The molecule has 6 heteroatoms. The number of alkyl halides is 3. The van der Waals surface area contributed by atoms with Crippen LogP contribution in [-0.2, 0) is 6.18 Å². The van der Waals surface area contributed by atoms with Gasteiger partial charge in [-0.2, -0.15) is 18.4 Å². The van der Waals surface area contributed by atoms with Crippen LogP contribution in [0.15, 0.2) is 30.3 Å². The van der Waals surface area contributed by atoms with Crippen LogP contribution in [0.5, 0.6) is 5.88 Å². The van der Waals surface area contributed by atoms with Crippen LogP contribution in [0.1, 0.15) is 36.5 Å². The number of nitrogens with zero attached hydrogens (tertiary/aromatic N) is 2. The van der Waals surface area contributed by atoms with E-state index in [0.29, 0.717) is 16.8 Å². The molecule has 114 valence electrons. The van der Waals surface area contributed by atoms with E-state index in [1.807, 2.05) is 19.9 Å². The molecule has 1 aromatic heterocycles. The molecule has 2 aromatic rings. The van der Waals surface area contributed by atoms with Crippen molar-refractivity contribution in [1.82, 2.24) is 4.98 Å². The Morgan fingerprint density at radius 2 is 1.77 bits per heavy atom. The van der Waals surface area contributed by atoms with Crippen molar-refractivity contribution in [3.05, 3.63) is 47.0 Å². The highest BCUT2D eigenvalue weighted by Crippen LogP contribution is 2.33. The molecule has 0 unspecified atom stereocenters. The molecule has 0 spiro atoms. The summed E-state index contributed by atoms with van der Waals surface area (Å²) in [5.74, 6) is -0.444. The van der Waals surface area contributed by atoms with Gasteiger partial charge >= 0.3 is 6.18 Å². The predicted molar refractivity (Wildman–Crippen MR) is 75.1 cm³/mol. The average molecular weight is 306 g/mol. The number of benzene rings is 1. The van der Waals surface area contributed by atoms with Gasteiger partial charge < -0.3 is 5.11 Å². The molecule has 0 saturated heterocycles. The highest BCUT2D eigenvalue weighted by molar-refractivity contribution is 5.64. The number of nitriles is 1. The van der Waals surface area contributed by atoms with E-state index in [0.717, 1.165) is 12.1 Å². The first-order chi connectivity index (χ1) is 10.2. The maximum absolute atomic E-state index is 12.6. The standard InChI is InChI=1S/C16H13F3N2O/c1-9(2)12-7-14(21-15(22)13(12)8-20)10-3-5-11(6-4-10)16(17,18)19/h3-7,9H,1-2H3,(H,21,22). The lowest BCUT2D eigenvalue weighted by Gasteiger charge is -2.12. The van der Waals surface area contributed by atoms with Gasteiger partial charge in [0.15, 0.2) is 0 Å². The second kappa shape index (κ2) is 5.68. The fraction of sp³-hybridized carbons (Fsp3) is 0.250. The van der Waals surface area contributed by atoms with Gasteiger partial charge in [0, 0.05) is 5.56 Å². The number of pyridine rings is 1. The number of hydrogen-bond donors (Lipinski definition) is 1. The van der Waals surface area contributed by atoms with Crippen LogP contribution in [0.25, 0.3) is 11.3 Å². The third-order valence-electron chi connectivity index (χ3n) is 3.27. The van der Waals surface area contributed by atoms with Crippen LogP contribution in [0.2, 0.25) is 0 Å². The Morgan fingerprint density at radius 3 is 2.23 bits per heavy atom. The zero-order valence-electron chi connectivity index (χ0n) is 11.9. The van der Waals surface area contributed by atoms with Crippen LogP contribution in [0, 0.1) is 11.3 Å². The van der Waals surface area contributed by atoms with E-state index in [9.17, 15) is 18.3 Å². The maximum atomic E-state index is 12.6. The summed E-state index contributed by atoms with van der Waals surface area (Å²) in [5.41, 5.74) is 0.706. The van der Waals surface area contributed by atoms with Crippen LogP contribution < -0.4 is 0 Å². The van der Waals surface area contributed by atoms with Gasteiger partial charge in [0.1, 0.15) is 11.6 Å². The third kappa shape index (κ3) is 3.03. The minimum absolute atomic E-state index is 0.0308. The molecular formula is C16H13F3N2O. The molecule has 0 amide bonds. The summed E-state index contributed by atoms with van der Waals surface area (Å²) < 4.78 is 37.7. The topological polar surface area (TPSA) is 56.9 Å². The number of rotatable bonds is 2. The Balaban J connectivity index is 2.52. The smallest absolute Gasteiger partial charge is 0.416 e. The molecule has 0 saturated carbocycles. The molecule has 0 bridgehead atoms. The average Bonchev–Trinajstić information content (AvgIpc) is 2.45. The van der Waals surface area contributed by atoms with Gasteiger partial charge in [0.05, 0.1) is 11.3 Å². The molecule has 3 nitrogen and oxygen atoms in total. The SMILES string of the molecule is CC(C)c1cc(-c2ccc(C(F)(F)F)cc2)nc(O)c1C#N. The molecule has 1 aromatic carbocycles. The molecule has 1 heterocycles. The highest BCUT2D eigenvalue weighted by atomic mass is 19.4. The van der Waals surface area contributed by atoms with E-state index in [-0.39, 0.29) is 11.5 Å². The molecule has 0 atom stereocenters. The summed E-state index contributed by atoms with van der Waals surface area (Å²) in [4.78, 5) is 3.90. The Kier molecular flexibility index (Phi) is 4.09. The lowest BCUT2D eigenvalue weighted by molar-refractivity contribution is -0.137. The molecular weight excluding hydrogens is 293 g/mol. The minimum Gasteiger partial charge on any atom is -0.492 e. The largest absolute Gasteiger partial charge is 0.492 e. The van der Waals surface area contributed by atoms with Crippen molar-refractivity contribution >= 4 is 0 Å². The van der Waals surface area contributed by atoms with Crippen LogP contribution in [0.3, 0.4) is 0 Å². The number of halogens is 3. The molecule has 22 heavy (non-hydrogen) atoms. The zero-order valence-corrected chi connectivity index (χ0v) is 11.9. The van der Waals surface area contributed by atoms with Crippen LogP contribution in [0.4, 0.5) is 13.2 Å². The monoisotopic (exact) mass is 306 g/mol. The lowest BCUT2D eigenvalue weighted by Crippen LogP contribution is -2.04. The molecule has 0 radical (unpaired) electrons. The first-order valence-corrected chi connectivity index (χ1v) is 6.55. The van der Waals surface area contributed by atoms with Crippen molar-refractivity contribution in [3.63, 3.8) is 0 Å². The van der Waals surface area contributed by atoms with Gasteiger partial charge in [-0.25, -0.2) is 4.98 Å². The summed E-state index contributed by atoms with van der Waals surface area (Å²) in [5, 5.41) is 18.9. The quantitative estimate of drug-likeness (QED) is 0.890. The zero-order chi connectivity index (χ0) is 16.5. The van der Waals surface area contributed by atoms with Crippen LogP contribution >= 0.6 is 0 Å². The van der Waals surface area contributed by atoms with Crippen LogP contribution in [-0.4, -0.2) is 10.1 Å². The van der Waals surface area contributed by atoms with Crippen molar-refractivity contribution in [3.8, 4) is 23.2 Å². The van der Waals surface area contributed by atoms with Gasteiger partial charge in [-0.15, -0.1) is 0 Å².